The van der Waals surface area contributed by atoms with Crippen molar-refractivity contribution in [1.82, 2.24) is 19.7 Å². The quantitative estimate of drug-likeness (QED) is 0.608. The minimum atomic E-state index is -3.04. The summed E-state index contributed by atoms with van der Waals surface area (Å²) in [5, 5.41) is 9.18. The van der Waals surface area contributed by atoms with Crippen molar-refractivity contribution < 1.29 is 13.2 Å². The average Bonchev–Trinajstić information content (AvgIpc) is 3.36. The van der Waals surface area contributed by atoms with E-state index in [1.807, 2.05) is 41.8 Å². The number of aromatic nitrogens is 3. The topological polar surface area (TPSA) is 88.4 Å². The van der Waals surface area contributed by atoms with E-state index in [-0.39, 0.29) is 23.5 Å². The number of nitrogens with zero attached hydrogens (tertiary/aromatic N) is 5. The van der Waals surface area contributed by atoms with Crippen LogP contribution in [0.3, 0.4) is 0 Å². The normalized spacial score (nSPS) is 21.7. The van der Waals surface area contributed by atoms with E-state index in [0.717, 1.165) is 37.6 Å². The van der Waals surface area contributed by atoms with Crippen LogP contribution >= 0.6 is 11.8 Å². The maximum atomic E-state index is 13.0. The zero-order valence-electron chi connectivity index (χ0n) is 18.0. The SMILES string of the molecule is CC(Sc1nnc(N2CCCCC2)n1-c1ccccc1)C(=O)N(C)C1CCS(=O)(=O)C1. The van der Waals surface area contributed by atoms with Crippen molar-refractivity contribution in [3.8, 4) is 5.69 Å². The molecule has 10 heteroatoms. The molecule has 0 bridgehead atoms. The van der Waals surface area contributed by atoms with Crippen LogP contribution in [-0.4, -0.2) is 76.9 Å². The highest BCUT2D eigenvalue weighted by Crippen LogP contribution is 2.31. The number of thioether (sulfide) groups is 1. The molecule has 0 spiro atoms. The number of rotatable bonds is 6. The summed E-state index contributed by atoms with van der Waals surface area (Å²) in [6.07, 6.45) is 4.00. The Hall–Kier alpha value is -2.07. The highest BCUT2D eigenvalue weighted by molar-refractivity contribution is 8.00. The molecule has 168 valence electrons. The monoisotopic (exact) mass is 463 g/mol. The summed E-state index contributed by atoms with van der Waals surface area (Å²) in [6, 6.07) is 9.71. The first-order valence-corrected chi connectivity index (χ1v) is 13.5. The fourth-order valence-corrected chi connectivity index (χ4v) is 6.93. The van der Waals surface area contributed by atoms with E-state index in [4.69, 9.17) is 0 Å². The molecule has 0 N–H and O–H groups in total. The molecule has 0 radical (unpaired) electrons. The van der Waals surface area contributed by atoms with Gasteiger partial charge in [0, 0.05) is 26.2 Å². The molecular formula is C21H29N5O3S2. The first-order valence-electron chi connectivity index (χ1n) is 10.8. The second-order valence-electron chi connectivity index (χ2n) is 8.27. The van der Waals surface area contributed by atoms with E-state index in [0.29, 0.717) is 11.6 Å². The number of hydrogen-bond acceptors (Lipinski definition) is 7. The van der Waals surface area contributed by atoms with Crippen molar-refractivity contribution in [2.45, 2.75) is 49.1 Å². The number of sulfone groups is 1. The Bertz CT molecular complexity index is 1020. The fraction of sp³-hybridized carbons (Fsp3) is 0.571. The van der Waals surface area contributed by atoms with Crippen LogP contribution < -0.4 is 4.90 Å². The van der Waals surface area contributed by atoms with Crippen molar-refractivity contribution in [3.63, 3.8) is 0 Å². The summed E-state index contributed by atoms with van der Waals surface area (Å²) >= 11 is 1.37. The van der Waals surface area contributed by atoms with Gasteiger partial charge in [-0.25, -0.2) is 8.42 Å². The van der Waals surface area contributed by atoms with Gasteiger partial charge in [0.05, 0.1) is 22.4 Å². The number of amides is 1. The second kappa shape index (κ2) is 9.20. The molecular weight excluding hydrogens is 434 g/mol. The molecule has 2 aliphatic heterocycles. The zero-order chi connectivity index (χ0) is 22.0. The Morgan fingerprint density at radius 1 is 1.16 bits per heavy atom. The Morgan fingerprint density at radius 2 is 1.87 bits per heavy atom. The van der Waals surface area contributed by atoms with Crippen molar-refractivity contribution in [1.29, 1.82) is 0 Å². The predicted octanol–water partition coefficient (Wildman–Crippen LogP) is 2.38. The summed E-state index contributed by atoms with van der Waals surface area (Å²) in [6.45, 7) is 3.74. The minimum Gasteiger partial charge on any atom is -0.341 e. The van der Waals surface area contributed by atoms with E-state index >= 15 is 0 Å². The first-order chi connectivity index (χ1) is 14.9. The Kier molecular flexibility index (Phi) is 6.57. The van der Waals surface area contributed by atoms with Crippen LogP contribution in [0.15, 0.2) is 35.5 Å². The molecule has 1 amide bonds. The van der Waals surface area contributed by atoms with Gasteiger partial charge < -0.3 is 9.80 Å². The average molecular weight is 464 g/mol. The third-order valence-electron chi connectivity index (χ3n) is 6.00. The molecule has 4 rings (SSSR count). The van der Waals surface area contributed by atoms with Gasteiger partial charge >= 0.3 is 0 Å². The lowest BCUT2D eigenvalue weighted by molar-refractivity contribution is -0.130. The summed E-state index contributed by atoms with van der Waals surface area (Å²) in [4.78, 5) is 16.9. The zero-order valence-corrected chi connectivity index (χ0v) is 19.6. The van der Waals surface area contributed by atoms with E-state index in [2.05, 4.69) is 15.1 Å². The summed E-state index contributed by atoms with van der Waals surface area (Å²) in [5.41, 5.74) is 0.963. The van der Waals surface area contributed by atoms with Crippen LogP contribution in [0.4, 0.5) is 5.95 Å². The second-order valence-corrected chi connectivity index (χ2v) is 11.8. The molecule has 2 aromatic rings. The predicted molar refractivity (Wildman–Crippen MR) is 123 cm³/mol. The van der Waals surface area contributed by atoms with Gasteiger partial charge in [0.25, 0.3) is 0 Å². The van der Waals surface area contributed by atoms with Crippen molar-refractivity contribution in [2.24, 2.45) is 0 Å². The molecule has 1 aromatic heterocycles. The van der Waals surface area contributed by atoms with Crippen LogP contribution in [0.5, 0.6) is 0 Å². The third kappa shape index (κ3) is 4.90. The summed E-state index contributed by atoms with van der Waals surface area (Å²) < 4.78 is 25.7. The molecule has 2 saturated heterocycles. The van der Waals surface area contributed by atoms with E-state index < -0.39 is 15.1 Å². The molecule has 2 atom stereocenters. The number of para-hydroxylation sites is 1. The fourth-order valence-electron chi connectivity index (χ4n) is 4.20. The molecule has 2 fully saturated rings. The summed E-state index contributed by atoms with van der Waals surface area (Å²) in [5.74, 6) is 0.919. The maximum Gasteiger partial charge on any atom is 0.235 e. The molecule has 3 heterocycles. The lowest BCUT2D eigenvalue weighted by Gasteiger charge is -2.28. The molecule has 0 saturated carbocycles. The van der Waals surface area contributed by atoms with Gasteiger partial charge in [-0.05, 0) is 44.7 Å². The molecule has 8 nitrogen and oxygen atoms in total. The van der Waals surface area contributed by atoms with Crippen LogP contribution in [0, 0.1) is 0 Å². The van der Waals surface area contributed by atoms with Crippen LogP contribution in [0.1, 0.15) is 32.6 Å². The maximum absolute atomic E-state index is 13.0. The van der Waals surface area contributed by atoms with E-state index in [1.165, 1.54) is 18.2 Å². The van der Waals surface area contributed by atoms with Crippen molar-refractivity contribution >= 4 is 33.5 Å². The van der Waals surface area contributed by atoms with E-state index in [1.54, 1.807) is 11.9 Å². The lowest BCUT2D eigenvalue weighted by Crippen LogP contribution is -2.41. The highest BCUT2D eigenvalue weighted by atomic mass is 32.2. The summed E-state index contributed by atoms with van der Waals surface area (Å²) in [7, 11) is -1.34. The van der Waals surface area contributed by atoms with Gasteiger partial charge in [0.1, 0.15) is 0 Å². The standard InChI is InChI=1S/C21H29N5O3S2/c1-16(19(27)24(2)18-11-14-31(28,29)15-18)30-21-23-22-20(25-12-7-4-8-13-25)26(21)17-9-5-3-6-10-17/h3,5-6,9-10,16,18H,4,7-8,11-15H2,1-2H3. The number of carbonyl (C=O) groups excluding carboxylic acids is 1. The van der Waals surface area contributed by atoms with Crippen LogP contribution in [0.25, 0.3) is 5.69 Å². The number of hydrogen-bond donors (Lipinski definition) is 0. The number of carbonyl (C=O) groups is 1. The number of benzene rings is 1. The largest absolute Gasteiger partial charge is 0.341 e. The lowest BCUT2D eigenvalue weighted by atomic mass is 10.1. The Morgan fingerprint density at radius 3 is 2.52 bits per heavy atom. The van der Waals surface area contributed by atoms with E-state index in [9.17, 15) is 13.2 Å². The smallest absolute Gasteiger partial charge is 0.235 e. The van der Waals surface area contributed by atoms with Gasteiger partial charge in [0.15, 0.2) is 15.0 Å². The Balaban J connectivity index is 1.56. The van der Waals surface area contributed by atoms with Gasteiger partial charge in [-0.3, -0.25) is 9.36 Å². The van der Waals surface area contributed by atoms with Gasteiger partial charge in [-0.2, -0.15) is 0 Å². The van der Waals surface area contributed by atoms with Gasteiger partial charge in [-0.15, -0.1) is 10.2 Å². The number of anilines is 1. The minimum absolute atomic E-state index is 0.0476. The van der Waals surface area contributed by atoms with Crippen molar-refractivity contribution in [3.05, 3.63) is 30.3 Å². The van der Waals surface area contributed by atoms with Crippen LogP contribution in [-0.2, 0) is 14.6 Å². The Labute approximate surface area is 187 Å². The molecule has 31 heavy (non-hydrogen) atoms. The highest BCUT2D eigenvalue weighted by Gasteiger charge is 2.35. The van der Waals surface area contributed by atoms with Gasteiger partial charge in [-0.1, -0.05) is 30.0 Å². The van der Waals surface area contributed by atoms with Crippen molar-refractivity contribution in [2.75, 3.05) is 36.5 Å². The third-order valence-corrected chi connectivity index (χ3v) is 8.78. The molecule has 0 aliphatic carbocycles. The van der Waals surface area contributed by atoms with Crippen LogP contribution in [0.2, 0.25) is 0 Å². The van der Waals surface area contributed by atoms with Gasteiger partial charge in [0.2, 0.25) is 11.9 Å². The molecule has 1 aromatic carbocycles. The number of piperidine rings is 1. The molecule has 2 unspecified atom stereocenters. The first kappa shape index (κ1) is 22.1. The molecule has 2 aliphatic rings.